The fourth-order valence-corrected chi connectivity index (χ4v) is 3.84. The van der Waals surface area contributed by atoms with Crippen molar-refractivity contribution in [3.8, 4) is 0 Å². The first-order chi connectivity index (χ1) is 10.6. The van der Waals surface area contributed by atoms with Crippen LogP contribution in [0.15, 0.2) is 18.2 Å². The molecule has 1 heterocycles. The summed E-state index contributed by atoms with van der Waals surface area (Å²) in [5.41, 5.74) is 2.48. The van der Waals surface area contributed by atoms with Gasteiger partial charge in [0, 0.05) is 25.2 Å². The predicted molar refractivity (Wildman–Crippen MR) is 88.6 cm³/mol. The summed E-state index contributed by atoms with van der Waals surface area (Å²) in [6.45, 7) is 4.48. The predicted octanol–water partition coefficient (Wildman–Crippen LogP) is 2.43. The van der Waals surface area contributed by atoms with Crippen LogP contribution in [-0.2, 0) is 6.42 Å². The van der Waals surface area contributed by atoms with Crippen LogP contribution in [0, 0.1) is 5.82 Å². The number of benzene rings is 1. The Bertz CT molecular complexity index is 495. The number of likely N-dealkylation sites (tertiary alicyclic amines) is 1. The molecule has 0 spiro atoms. The number of aryl methyl sites for hydroxylation is 1. The molecule has 1 N–H and O–H groups in total. The Kier molecular flexibility index (Phi) is 5.11. The SMILES string of the molecule is CN(C)C1CCN(CCN[C@@H]2CCc3ccc(F)cc32)CC1. The van der Waals surface area contributed by atoms with Gasteiger partial charge in [0.2, 0.25) is 0 Å². The van der Waals surface area contributed by atoms with Gasteiger partial charge in [-0.05, 0) is 76.1 Å². The van der Waals surface area contributed by atoms with Crippen LogP contribution in [-0.4, -0.2) is 56.1 Å². The maximum Gasteiger partial charge on any atom is 0.123 e. The number of nitrogens with zero attached hydrogens (tertiary/aromatic N) is 2. The molecule has 1 saturated heterocycles. The third kappa shape index (κ3) is 3.67. The van der Waals surface area contributed by atoms with Gasteiger partial charge in [-0.1, -0.05) is 6.07 Å². The number of fused-ring (bicyclic) bond motifs is 1. The molecular weight excluding hydrogens is 277 g/mol. The zero-order chi connectivity index (χ0) is 15.5. The first kappa shape index (κ1) is 15.9. The molecule has 0 saturated carbocycles. The quantitative estimate of drug-likeness (QED) is 0.901. The Morgan fingerprint density at radius 3 is 2.73 bits per heavy atom. The Labute approximate surface area is 133 Å². The number of hydrogen-bond donors (Lipinski definition) is 1. The Balaban J connectivity index is 1.43. The van der Waals surface area contributed by atoms with Crippen molar-refractivity contribution in [3.05, 3.63) is 35.1 Å². The maximum absolute atomic E-state index is 13.4. The molecule has 122 valence electrons. The van der Waals surface area contributed by atoms with Crippen molar-refractivity contribution in [1.29, 1.82) is 0 Å². The van der Waals surface area contributed by atoms with Crippen LogP contribution in [0.25, 0.3) is 0 Å². The van der Waals surface area contributed by atoms with E-state index in [1.165, 1.54) is 37.1 Å². The van der Waals surface area contributed by atoms with Gasteiger partial charge in [-0.2, -0.15) is 0 Å². The van der Waals surface area contributed by atoms with Crippen molar-refractivity contribution in [1.82, 2.24) is 15.1 Å². The molecule has 3 nitrogen and oxygen atoms in total. The first-order valence-electron chi connectivity index (χ1n) is 8.54. The molecule has 2 aliphatic rings. The van der Waals surface area contributed by atoms with E-state index in [2.05, 4.69) is 29.2 Å². The third-order valence-corrected chi connectivity index (χ3v) is 5.29. The summed E-state index contributed by atoms with van der Waals surface area (Å²) in [6.07, 6.45) is 4.71. The summed E-state index contributed by atoms with van der Waals surface area (Å²) < 4.78 is 13.4. The largest absolute Gasteiger partial charge is 0.309 e. The topological polar surface area (TPSA) is 18.5 Å². The minimum atomic E-state index is -0.113. The van der Waals surface area contributed by atoms with E-state index >= 15 is 0 Å². The van der Waals surface area contributed by atoms with Crippen molar-refractivity contribution in [3.63, 3.8) is 0 Å². The average molecular weight is 305 g/mol. The highest BCUT2D eigenvalue weighted by Crippen LogP contribution is 2.31. The molecule has 1 aliphatic heterocycles. The Hall–Kier alpha value is -0.970. The summed E-state index contributed by atoms with van der Waals surface area (Å²) >= 11 is 0. The molecule has 1 aromatic carbocycles. The smallest absolute Gasteiger partial charge is 0.123 e. The van der Waals surface area contributed by atoms with Gasteiger partial charge in [0.05, 0.1) is 0 Å². The van der Waals surface area contributed by atoms with Crippen molar-refractivity contribution < 1.29 is 4.39 Å². The summed E-state index contributed by atoms with van der Waals surface area (Å²) in [5.74, 6) is -0.113. The summed E-state index contributed by atoms with van der Waals surface area (Å²) in [6, 6.07) is 6.32. The second kappa shape index (κ2) is 7.07. The highest BCUT2D eigenvalue weighted by atomic mass is 19.1. The lowest BCUT2D eigenvalue weighted by atomic mass is 10.0. The summed E-state index contributed by atoms with van der Waals surface area (Å²) in [5, 5.41) is 3.63. The van der Waals surface area contributed by atoms with E-state index in [0.717, 1.165) is 32.0 Å². The van der Waals surface area contributed by atoms with Gasteiger partial charge in [-0.3, -0.25) is 0 Å². The lowest BCUT2D eigenvalue weighted by Crippen LogP contribution is -2.44. The molecule has 4 heteroatoms. The van der Waals surface area contributed by atoms with Crippen LogP contribution in [0.4, 0.5) is 4.39 Å². The number of rotatable bonds is 5. The zero-order valence-corrected chi connectivity index (χ0v) is 13.8. The fraction of sp³-hybridized carbons (Fsp3) is 0.667. The number of halogens is 1. The van der Waals surface area contributed by atoms with Crippen LogP contribution >= 0.6 is 0 Å². The van der Waals surface area contributed by atoms with Crippen molar-refractivity contribution >= 4 is 0 Å². The lowest BCUT2D eigenvalue weighted by molar-refractivity contribution is 0.144. The fourth-order valence-electron chi connectivity index (χ4n) is 3.84. The molecule has 1 aliphatic carbocycles. The van der Waals surface area contributed by atoms with Crippen LogP contribution in [0.1, 0.15) is 36.4 Å². The van der Waals surface area contributed by atoms with Crippen molar-refractivity contribution in [2.75, 3.05) is 40.3 Å². The highest BCUT2D eigenvalue weighted by Gasteiger charge is 2.23. The van der Waals surface area contributed by atoms with Gasteiger partial charge in [0.1, 0.15) is 5.82 Å². The van der Waals surface area contributed by atoms with Crippen LogP contribution in [0.5, 0.6) is 0 Å². The minimum absolute atomic E-state index is 0.113. The maximum atomic E-state index is 13.4. The number of piperidine rings is 1. The van der Waals surface area contributed by atoms with Gasteiger partial charge >= 0.3 is 0 Å². The number of nitrogens with one attached hydrogen (secondary N) is 1. The van der Waals surface area contributed by atoms with E-state index in [1.807, 2.05) is 6.07 Å². The molecule has 3 rings (SSSR count). The molecule has 0 aromatic heterocycles. The first-order valence-corrected chi connectivity index (χ1v) is 8.54. The van der Waals surface area contributed by atoms with E-state index in [1.54, 1.807) is 12.1 Å². The Morgan fingerprint density at radius 1 is 1.23 bits per heavy atom. The second-order valence-electron chi connectivity index (χ2n) is 6.92. The molecular formula is C18H28FN3. The van der Waals surface area contributed by atoms with Gasteiger partial charge < -0.3 is 15.1 Å². The van der Waals surface area contributed by atoms with E-state index in [0.29, 0.717) is 6.04 Å². The molecule has 0 bridgehead atoms. The van der Waals surface area contributed by atoms with E-state index in [-0.39, 0.29) is 5.82 Å². The number of hydrogen-bond acceptors (Lipinski definition) is 3. The van der Waals surface area contributed by atoms with Crippen LogP contribution in [0.3, 0.4) is 0 Å². The molecule has 0 unspecified atom stereocenters. The zero-order valence-electron chi connectivity index (χ0n) is 13.8. The minimum Gasteiger partial charge on any atom is -0.309 e. The molecule has 1 atom stereocenters. The summed E-state index contributed by atoms with van der Waals surface area (Å²) in [4.78, 5) is 4.90. The van der Waals surface area contributed by atoms with Crippen molar-refractivity contribution in [2.24, 2.45) is 0 Å². The normalized spacial score (nSPS) is 23.2. The van der Waals surface area contributed by atoms with Gasteiger partial charge in [0.15, 0.2) is 0 Å². The molecule has 0 amide bonds. The van der Waals surface area contributed by atoms with Crippen LogP contribution in [0.2, 0.25) is 0 Å². The highest BCUT2D eigenvalue weighted by molar-refractivity contribution is 5.34. The standard InChI is InChI=1S/C18H28FN3/c1-21(2)16-7-10-22(11-8-16)12-9-20-18-6-4-14-3-5-15(19)13-17(14)18/h3,5,13,16,18,20H,4,6-12H2,1-2H3/t18-/m1/s1. The molecule has 0 radical (unpaired) electrons. The van der Waals surface area contributed by atoms with Crippen LogP contribution < -0.4 is 5.32 Å². The van der Waals surface area contributed by atoms with Gasteiger partial charge in [0.25, 0.3) is 0 Å². The monoisotopic (exact) mass is 305 g/mol. The lowest BCUT2D eigenvalue weighted by Gasteiger charge is -2.35. The molecule has 1 fully saturated rings. The van der Waals surface area contributed by atoms with Gasteiger partial charge in [-0.15, -0.1) is 0 Å². The molecule has 1 aromatic rings. The molecule has 22 heavy (non-hydrogen) atoms. The average Bonchev–Trinajstić information content (AvgIpc) is 2.90. The summed E-state index contributed by atoms with van der Waals surface area (Å²) in [7, 11) is 4.36. The van der Waals surface area contributed by atoms with E-state index in [4.69, 9.17) is 0 Å². The van der Waals surface area contributed by atoms with Gasteiger partial charge in [-0.25, -0.2) is 4.39 Å². The van der Waals surface area contributed by atoms with E-state index < -0.39 is 0 Å². The Morgan fingerprint density at radius 2 is 2.00 bits per heavy atom. The van der Waals surface area contributed by atoms with Crippen molar-refractivity contribution in [2.45, 2.75) is 37.8 Å². The second-order valence-corrected chi connectivity index (χ2v) is 6.92. The van der Waals surface area contributed by atoms with E-state index in [9.17, 15) is 4.39 Å². The third-order valence-electron chi connectivity index (χ3n) is 5.29.